The first kappa shape index (κ1) is 25.8. The predicted octanol–water partition coefficient (Wildman–Crippen LogP) is 3.89. The maximum absolute atomic E-state index is 13.4. The zero-order valence-corrected chi connectivity index (χ0v) is 22.3. The van der Waals surface area contributed by atoms with Crippen LogP contribution in [0.2, 0.25) is 0 Å². The van der Waals surface area contributed by atoms with E-state index in [1.807, 2.05) is 36.4 Å². The van der Waals surface area contributed by atoms with E-state index in [0.29, 0.717) is 22.4 Å². The molecule has 0 aliphatic heterocycles. The van der Waals surface area contributed by atoms with Crippen molar-refractivity contribution in [1.82, 2.24) is 24.4 Å². The predicted molar refractivity (Wildman–Crippen MR) is 154 cm³/mol. The van der Waals surface area contributed by atoms with Crippen LogP contribution in [0.3, 0.4) is 0 Å². The van der Waals surface area contributed by atoms with Crippen molar-refractivity contribution in [3.8, 4) is 34.0 Å². The molecule has 0 unspecified atom stereocenters. The van der Waals surface area contributed by atoms with Crippen LogP contribution in [0.1, 0.15) is 12.5 Å². The molecule has 3 aromatic heterocycles. The molecule has 12 heteroatoms. The molecule has 202 valence electrons. The molecule has 0 atom stereocenters. The van der Waals surface area contributed by atoms with Gasteiger partial charge in [0.2, 0.25) is 4.96 Å². The van der Waals surface area contributed by atoms with E-state index >= 15 is 0 Å². The number of ether oxygens (including phenoxy) is 1. The summed E-state index contributed by atoms with van der Waals surface area (Å²) in [5.41, 5.74) is 1.60. The highest BCUT2D eigenvalue weighted by Gasteiger charge is 2.20. The SMILES string of the molecule is CCOc1ccc(-c2nn(-c3ccccc3)cc2/C=c2\sc3nc(=O)c(-c4ccccc4)nn3c2=O)cc1[N+](=O)[O-]. The molecule has 0 saturated heterocycles. The van der Waals surface area contributed by atoms with E-state index in [1.165, 1.54) is 12.1 Å². The molecule has 3 heterocycles. The molecule has 0 radical (unpaired) electrons. The van der Waals surface area contributed by atoms with Crippen molar-refractivity contribution >= 4 is 28.1 Å². The van der Waals surface area contributed by atoms with Crippen molar-refractivity contribution < 1.29 is 9.66 Å². The summed E-state index contributed by atoms with van der Waals surface area (Å²) in [5.74, 6) is 0.150. The van der Waals surface area contributed by atoms with Gasteiger partial charge in [0.05, 0.1) is 21.7 Å². The number of nitrogens with zero attached hydrogens (tertiary/aromatic N) is 6. The normalized spacial score (nSPS) is 11.7. The summed E-state index contributed by atoms with van der Waals surface area (Å²) < 4.78 is 8.45. The van der Waals surface area contributed by atoms with Crippen molar-refractivity contribution in [3.63, 3.8) is 0 Å². The Morgan fingerprint density at radius 3 is 2.39 bits per heavy atom. The van der Waals surface area contributed by atoms with Crippen LogP contribution in [0, 0.1) is 10.1 Å². The lowest BCUT2D eigenvalue weighted by atomic mass is 10.1. The van der Waals surface area contributed by atoms with E-state index in [0.717, 1.165) is 21.5 Å². The molecule has 3 aromatic carbocycles. The number of fused-ring (bicyclic) bond motifs is 1. The number of hydrogen-bond acceptors (Lipinski definition) is 9. The lowest BCUT2D eigenvalue weighted by Crippen LogP contribution is -2.26. The molecule has 0 aliphatic carbocycles. The molecule has 41 heavy (non-hydrogen) atoms. The van der Waals surface area contributed by atoms with Crippen LogP contribution in [0.5, 0.6) is 5.75 Å². The highest BCUT2D eigenvalue weighted by Crippen LogP contribution is 2.34. The van der Waals surface area contributed by atoms with E-state index in [4.69, 9.17) is 9.84 Å². The summed E-state index contributed by atoms with van der Waals surface area (Å²) in [6.45, 7) is 2.02. The number of thiazole rings is 1. The van der Waals surface area contributed by atoms with Crippen molar-refractivity contribution in [3.05, 3.63) is 126 Å². The number of rotatable bonds is 7. The van der Waals surface area contributed by atoms with Crippen LogP contribution in [0.15, 0.2) is 94.6 Å². The Morgan fingerprint density at radius 1 is 0.951 bits per heavy atom. The fraction of sp³-hybridized carbons (Fsp3) is 0.0690. The maximum Gasteiger partial charge on any atom is 0.311 e. The van der Waals surface area contributed by atoms with E-state index in [1.54, 1.807) is 54.2 Å². The highest BCUT2D eigenvalue weighted by molar-refractivity contribution is 7.15. The van der Waals surface area contributed by atoms with E-state index in [-0.39, 0.29) is 33.2 Å². The summed E-state index contributed by atoms with van der Waals surface area (Å²) in [6.07, 6.45) is 3.36. The largest absolute Gasteiger partial charge is 0.487 e. The first-order chi connectivity index (χ1) is 19.9. The zero-order chi connectivity index (χ0) is 28.5. The fourth-order valence-electron chi connectivity index (χ4n) is 4.34. The monoisotopic (exact) mass is 564 g/mol. The maximum atomic E-state index is 13.4. The topological polar surface area (TPSA) is 135 Å². The summed E-state index contributed by atoms with van der Waals surface area (Å²) in [7, 11) is 0. The third-order valence-corrected chi connectivity index (χ3v) is 7.17. The summed E-state index contributed by atoms with van der Waals surface area (Å²) in [5, 5.41) is 20.8. The smallest absolute Gasteiger partial charge is 0.311 e. The summed E-state index contributed by atoms with van der Waals surface area (Å²) in [4.78, 5) is 41.7. The lowest BCUT2D eigenvalue weighted by Gasteiger charge is -2.06. The van der Waals surface area contributed by atoms with Gasteiger partial charge in [-0.05, 0) is 37.3 Å². The van der Waals surface area contributed by atoms with Gasteiger partial charge in [0, 0.05) is 29.0 Å². The second kappa shape index (κ2) is 10.6. The molecule has 0 N–H and O–H groups in total. The third-order valence-electron chi connectivity index (χ3n) is 6.21. The lowest BCUT2D eigenvalue weighted by molar-refractivity contribution is -0.385. The van der Waals surface area contributed by atoms with E-state index < -0.39 is 16.0 Å². The van der Waals surface area contributed by atoms with Gasteiger partial charge in [0.15, 0.2) is 11.4 Å². The molecule has 6 rings (SSSR count). The minimum absolute atomic E-state index is 0.0730. The van der Waals surface area contributed by atoms with Crippen LogP contribution < -0.4 is 20.4 Å². The molecule has 6 aromatic rings. The van der Waals surface area contributed by atoms with E-state index in [2.05, 4.69) is 10.1 Å². The summed E-state index contributed by atoms with van der Waals surface area (Å²) >= 11 is 1.02. The number of para-hydroxylation sites is 1. The Kier molecular flexibility index (Phi) is 6.65. The minimum Gasteiger partial charge on any atom is -0.487 e. The third kappa shape index (κ3) is 4.87. The van der Waals surface area contributed by atoms with Gasteiger partial charge >= 0.3 is 11.2 Å². The fourth-order valence-corrected chi connectivity index (χ4v) is 5.24. The van der Waals surface area contributed by atoms with Crippen LogP contribution in [0.25, 0.3) is 39.2 Å². The Morgan fingerprint density at radius 2 is 1.68 bits per heavy atom. The number of aromatic nitrogens is 5. The number of benzene rings is 3. The number of nitro benzene ring substituents is 1. The molecule has 0 spiro atoms. The molecule has 0 saturated carbocycles. The molecular weight excluding hydrogens is 544 g/mol. The zero-order valence-electron chi connectivity index (χ0n) is 21.5. The van der Waals surface area contributed by atoms with Gasteiger partial charge in [-0.25, -0.2) is 4.68 Å². The average Bonchev–Trinajstić information content (AvgIpc) is 3.54. The molecule has 0 aliphatic rings. The average molecular weight is 565 g/mol. The Labute approximate surface area is 235 Å². The van der Waals surface area contributed by atoms with Gasteiger partial charge in [0.25, 0.3) is 5.56 Å². The first-order valence-corrected chi connectivity index (χ1v) is 13.3. The number of hydrogen-bond donors (Lipinski definition) is 0. The molecular formula is C29H20N6O5S. The van der Waals surface area contributed by atoms with Gasteiger partial charge < -0.3 is 4.74 Å². The second-order valence-corrected chi connectivity index (χ2v) is 9.84. The molecule has 0 fully saturated rings. The van der Waals surface area contributed by atoms with Crippen molar-refractivity contribution in [2.24, 2.45) is 0 Å². The highest BCUT2D eigenvalue weighted by atomic mass is 32.1. The van der Waals surface area contributed by atoms with Gasteiger partial charge in [-0.2, -0.15) is 19.7 Å². The quantitative estimate of drug-likeness (QED) is 0.211. The molecule has 0 amide bonds. The van der Waals surface area contributed by atoms with Crippen LogP contribution in [-0.2, 0) is 0 Å². The first-order valence-electron chi connectivity index (χ1n) is 12.5. The Bertz CT molecular complexity index is 2090. The van der Waals surface area contributed by atoms with E-state index in [9.17, 15) is 19.7 Å². The van der Waals surface area contributed by atoms with Crippen LogP contribution >= 0.6 is 11.3 Å². The minimum atomic E-state index is -0.539. The molecule has 0 bridgehead atoms. The second-order valence-electron chi connectivity index (χ2n) is 8.83. The molecule has 11 nitrogen and oxygen atoms in total. The van der Waals surface area contributed by atoms with Crippen LogP contribution in [-0.4, -0.2) is 35.9 Å². The van der Waals surface area contributed by atoms with Crippen molar-refractivity contribution in [2.75, 3.05) is 6.61 Å². The van der Waals surface area contributed by atoms with Gasteiger partial charge in [-0.15, -0.1) is 0 Å². The van der Waals surface area contributed by atoms with Gasteiger partial charge in [-0.3, -0.25) is 19.7 Å². The number of nitro groups is 1. The Hall–Kier alpha value is -5.49. The summed E-state index contributed by atoms with van der Waals surface area (Å²) in [6, 6.07) is 22.8. The Balaban J connectivity index is 1.55. The van der Waals surface area contributed by atoms with Crippen LogP contribution in [0.4, 0.5) is 5.69 Å². The standard InChI is InChI=1S/C29H20N6O5S/c1-2-40-23-14-13-19(15-22(23)35(38)39)25-20(17-33(31-25)21-11-7-4-8-12-21)16-24-28(37)34-29(41-24)30-27(36)26(32-34)18-9-5-3-6-10-18/h3-17H,2H2,1H3/b24-16-. The van der Waals surface area contributed by atoms with Gasteiger partial charge in [0.1, 0.15) is 5.69 Å². The van der Waals surface area contributed by atoms with Gasteiger partial charge in [-0.1, -0.05) is 59.9 Å². The van der Waals surface area contributed by atoms with Crippen molar-refractivity contribution in [1.29, 1.82) is 0 Å². The van der Waals surface area contributed by atoms with Crippen molar-refractivity contribution in [2.45, 2.75) is 6.92 Å².